The maximum atomic E-state index is 13.0. The maximum absolute atomic E-state index is 13.0. The minimum Gasteiger partial charge on any atom is -0.334 e. The van der Waals surface area contributed by atoms with Crippen molar-refractivity contribution >= 4 is 34.2 Å². The molecule has 0 atom stereocenters. The summed E-state index contributed by atoms with van der Waals surface area (Å²) in [6.07, 6.45) is 3.86. The van der Waals surface area contributed by atoms with E-state index >= 15 is 0 Å². The van der Waals surface area contributed by atoms with Crippen molar-refractivity contribution < 1.29 is 9.59 Å². The third-order valence-electron chi connectivity index (χ3n) is 4.78. The zero-order valence-corrected chi connectivity index (χ0v) is 15.9. The monoisotopic (exact) mass is 386 g/mol. The molecule has 3 aromatic rings. The lowest BCUT2D eigenvalue weighted by molar-refractivity contribution is 0.102. The predicted octanol–water partition coefficient (Wildman–Crippen LogP) is 4.67. The third-order valence-corrected chi connectivity index (χ3v) is 4.78. The molecule has 1 aliphatic carbocycles. The fourth-order valence-electron chi connectivity index (χ4n) is 3.15. The molecule has 1 fully saturated rings. The summed E-state index contributed by atoms with van der Waals surface area (Å²) in [5.41, 5.74) is 3.74. The second-order valence-electron chi connectivity index (χ2n) is 7.04. The topological polar surface area (TPSA) is 83.1 Å². The van der Waals surface area contributed by atoms with Crippen LogP contribution in [0, 0.1) is 0 Å². The Morgan fingerprint density at radius 3 is 2.41 bits per heavy atom. The van der Waals surface area contributed by atoms with Gasteiger partial charge in [-0.2, -0.15) is 0 Å². The molecule has 0 aliphatic heterocycles. The highest BCUT2D eigenvalue weighted by molar-refractivity contribution is 6.12. The Kier molecular flexibility index (Phi) is 5.24. The Labute approximate surface area is 169 Å². The first-order valence-corrected chi connectivity index (χ1v) is 9.61. The number of amides is 3. The maximum Gasteiger partial charge on any atom is 0.319 e. The van der Waals surface area contributed by atoms with E-state index in [2.05, 4.69) is 22.5 Å². The van der Waals surface area contributed by atoms with Crippen molar-refractivity contribution in [1.82, 2.24) is 10.3 Å². The molecular weight excluding hydrogens is 364 g/mol. The fourth-order valence-corrected chi connectivity index (χ4v) is 3.15. The van der Waals surface area contributed by atoms with Crippen molar-refractivity contribution in [3.8, 4) is 0 Å². The van der Waals surface area contributed by atoms with Gasteiger partial charge in [0, 0.05) is 34.9 Å². The van der Waals surface area contributed by atoms with E-state index in [0.717, 1.165) is 29.4 Å². The molecule has 3 N–H and O–H groups in total. The highest BCUT2D eigenvalue weighted by Crippen LogP contribution is 2.40. The van der Waals surface area contributed by atoms with Gasteiger partial charge in [0.25, 0.3) is 5.91 Å². The van der Waals surface area contributed by atoms with Crippen molar-refractivity contribution in [2.75, 3.05) is 17.2 Å². The molecule has 0 bridgehead atoms. The quantitative estimate of drug-likeness (QED) is 0.538. The fraction of sp³-hybridized carbons (Fsp3) is 0.174. The summed E-state index contributed by atoms with van der Waals surface area (Å²) >= 11 is 0. The molecular formula is C23H22N4O2. The number of carbonyl (C=O) groups excluding carboxylic acids is 2. The molecule has 1 saturated carbocycles. The number of aromatic nitrogens is 1. The van der Waals surface area contributed by atoms with Crippen LogP contribution in [0.1, 0.15) is 34.8 Å². The molecule has 2 aromatic carbocycles. The molecule has 6 heteroatoms. The van der Waals surface area contributed by atoms with Gasteiger partial charge < -0.3 is 16.0 Å². The molecule has 0 radical (unpaired) electrons. The molecule has 4 rings (SSSR count). The van der Waals surface area contributed by atoms with E-state index in [0.29, 0.717) is 29.4 Å². The molecule has 0 saturated heterocycles. The largest absolute Gasteiger partial charge is 0.334 e. The van der Waals surface area contributed by atoms with Crippen molar-refractivity contribution in [2.45, 2.75) is 18.8 Å². The number of benzene rings is 2. The number of fused-ring (bicyclic) bond motifs is 1. The van der Waals surface area contributed by atoms with Crippen LogP contribution in [0.25, 0.3) is 10.9 Å². The van der Waals surface area contributed by atoms with Crippen LogP contribution in [0.15, 0.2) is 67.3 Å². The second kappa shape index (κ2) is 8.14. The Bertz CT molecular complexity index is 1070. The van der Waals surface area contributed by atoms with Gasteiger partial charge in [-0.25, -0.2) is 4.79 Å². The Morgan fingerprint density at radius 1 is 1.03 bits per heavy atom. The second-order valence-corrected chi connectivity index (χ2v) is 7.04. The van der Waals surface area contributed by atoms with E-state index < -0.39 is 0 Å². The summed E-state index contributed by atoms with van der Waals surface area (Å²) in [5, 5.41) is 9.15. The van der Waals surface area contributed by atoms with Gasteiger partial charge in [-0.1, -0.05) is 24.3 Å². The minimum atomic E-state index is -0.308. The van der Waals surface area contributed by atoms with E-state index in [1.807, 2.05) is 30.3 Å². The SMILES string of the molecule is C=CCNC(=O)Nc1ccc(NC(=O)c2cc(C3CC3)nc3ccccc23)cc1. The first-order chi connectivity index (χ1) is 14.1. The summed E-state index contributed by atoms with van der Waals surface area (Å²) in [5.74, 6) is 0.290. The lowest BCUT2D eigenvalue weighted by atomic mass is 10.1. The number of rotatable bonds is 6. The van der Waals surface area contributed by atoms with Crippen molar-refractivity contribution in [1.29, 1.82) is 0 Å². The number of pyridine rings is 1. The summed E-state index contributed by atoms with van der Waals surface area (Å²) in [6, 6.07) is 16.3. The van der Waals surface area contributed by atoms with E-state index in [9.17, 15) is 9.59 Å². The molecule has 1 heterocycles. The van der Waals surface area contributed by atoms with Crippen LogP contribution < -0.4 is 16.0 Å². The molecule has 146 valence electrons. The minimum absolute atomic E-state index is 0.171. The molecule has 29 heavy (non-hydrogen) atoms. The number of nitrogens with one attached hydrogen (secondary N) is 3. The van der Waals surface area contributed by atoms with Crippen molar-refractivity contribution in [2.24, 2.45) is 0 Å². The first-order valence-electron chi connectivity index (χ1n) is 9.61. The number of hydrogen-bond donors (Lipinski definition) is 3. The van der Waals surface area contributed by atoms with Crippen LogP contribution in [0.5, 0.6) is 0 Å². The zero-order valence-electron chi connectivity index (χ0n) is 15.9. The van der Waals surface area contributed by atoms with E-state index in [4.69, 9.17) is 4.98 Å². The number of urea groups is 1. The molecule has 3 amide bonds. The number of carbonyl (C=O) groups is 2. The standard InChI is InChI=1S/C23H22N4O2/c1-2-13-24-23(29)26-17-11-9-16(10-12-17)25-22(28)19-14-21(15-7-8-15)27-20-6-4-3-5-18(19)20/h2-6,9-12,14-15H,1,7-8,13H2,(H,25,28)(H2,24,26,29). The third kappa shape index (κ3) is 4.43. The number of para-hydroxylation sites is 1. The average Bonchev–Trinajstić information content (AvgIpc) is 3.58. The molecule has 6 nitrogen and oxygen atoms in total. The first kappa shape index (κ1) is 18.7. The molecule has 0 unspecified atom stereocenters. The van der Waals surface area contributed by atoms with Gasteiger partial charge in [-0.15, -0.1) is 6.58 Å². The van der Waals surface area contributed by atoms with Gasteiger partial charge in [-0.05, 0) is 49.2 Å². The van der Waals surface area contributed by atoms with E-state index in [1.165, 1.54) is 0 Å². The Hall–Kier alpha value is -3.67. The Balaban J connectivity index is 1.51. The van der Waals surface area contributed by atoms with Crippen LogP contribution in [0.3, 0.4) is 0 Å². The smallest absolute Gasteiger partial charge is 0.319 e. The summed E-state index contributed by atoms with van der Waals surface area (Å²) in [4.78, 5) is 29.4. The number of hydrogen-bond acceptors (Lipinski definition) is 3. The highest BCUT2D eigenvalue weighted by atomic mass is 16.2. The Morgan fingerprint density at radius 2 is 1.72 bits per heavy atom. The highest BCUT2D eigenvalue weighted by Gasteiger charge is 2.27. The summed E-state index contributed by atoms with van der Waals surface area (Å²) in [6.45, 7) is 3.95. The van der Waals surface area contributed by atoms with Crippen LogP contribution in [0.2, 0.25) is 0 Å². The van der Waals surface area contributed by atoms with Crippen LogP contribution in [-0.2, 0) is 0 Å². The molecule has 1 aliphatic rings. The van der Waals surface area contributed by atoms with Gasteiger partial charge in [0.1, 0.15) is 0 Å². The lowest BCUT2D eigenvalue weighted by Gasteiger charge is -2.11. The predicted molar refractivity (Wildman–Crippen MR) is 115 cm³/mol. The van der Waals surface area contributed by atoms with Gasteiger partial charge in [0.2, 0.25) is 0 Å². The average molecular weight is 386 g/mol. The number of nitrogens with zero attached hydrogens (tertiary/aromatic N) is 1. The summed E-state index contributed by atoms with van der Waals surface area (Å²) < 4.78 is 0. The molecule has 1 aromatic heterocycles. The van der Waals surface area contributed by atoms with E-state index in [-0.39, 0.29) is 11.9 Å². The zero-order chi connectivity index (χ0) is 20.2. The normalized spacial score (nSPS) is 13.0. The van der Waals surface area contributed by atoms with Crippen molar-refractivity contribution in [3.05, 3.63) is 78.5 Å². The molecule has 0 spiro atoms. The van der Waals surface area contributed by atoms with Gasteiger partial charge in [-0.3, -0.25) is 9.78 Å². The van der Waals surface area contributed by atoms with Gasteiger partial charge in [0.15, 0.2) is 0 Å². The van der Waals surface area contributed by atoms with Crippen molar-refractivity contribution in [3.63, 3.8) is 0 Å². The van der Waals surface area contributed by atoms with Gasteiger partial charge >= 0.3 is 6.03 Å². The van der Waals surface area contributed by atoms with Crippen LogP contribution >= 0.6 is 0 Å². The van der Waals surface area contributed by atoms with E-state index in [1.54, 1.807) is 30.3 Å². The lowest BCUT2D eigenvalue weighted by Crippen LogP contribution is -2.28. The number of anilines is 2. The summed E-state index contributed by atoms with van der Waals surface area (Å²) in [7, 11) is 0. The van der Waals surface area contributed by atoms with Gasteiger partial charge in [0.05, 0.1) is 11.1 Å². The van der Waals surface area contributed by atoms with Crippen LogP contribution in [0.4, 0.5) is 16.2 Å². The van der Waals surface area contributed by atoms with Crippen LogP contribution in [-0.4, -0.2) is 23.5 Å².